The molecule has 0 saturated carbocycles. The second kappa shape index (κ2) is 8.55. The van der Waals surface area contributed by atoms with E-state index in [1.165, 1.54) is 17.0 Å². The van der Waals surface area contributed by atoms with Gasteiger partial charge in [-0.1, -0.05) is 12.1 Å². The Morgan fingerprint density at radius 2 is 1.69 bits per heavy atom. The Morgan fingerprint density at radius 1 is 1.07 bits per heavy atom. The van der Waals surface area contributed by atoms with Gasteiger partial charge < -0.3 is 14.2 Å². The van der Waals surface area contributed by atoms with Gasteiger partial charge in [-0.05, 0) is 65.2 Å². The molecule has 0 unspecified atom stereocenters. The minimum atomic E-state index is -2.59. The van der Waals surface area contributed by atoms with E-state index >= 15 is 0 Å². The van der Waals surface area contributed by atoms with Crippen molar-refractivity contribution in [3.05, 3.63) is 34.9 Å². The van der Waals surface area contributed by atoms with Crippen molar-refractivity contribution < 1.29 is 32.6 Å². The number of ether oxygens (including phenoxy) is 3. The van der Waals surface area contributed by atoms with E-state index in [2.05, 4.69) is 0 Å². The fourth-order valence-corrected chi connectivity index (χ4v) is 2.93. The fraction of sp³-hybridized carbons (Fsp3) is 0.619. The SMILES string of the molecule is CC(C)(C)OC(=O)OC[C@@H]1Cc2ccc(C(F)F)cc2CN1C(=O)OC(C)(C)C. The molecule has 1 aliphatic rings. The lowest BCUT2D eigenvalue weighted by atomic mass is 9.93. The van der Waals surface area contributed by atoms with Crippen molar-refractivity contribution in [2.45, 2.75) is 78.2 Å². The lowest BCUT2D eigenvalue weighted by Crippen LogP contribution is -2.49. The third-order valence-electron chi connectivity index (χ3n) is 4.13. The van der Waals surface area contributed by atoms with Crippen molar-refractivity contribution in [1.29, 1.82) is 0 Å². The minimum absolute atomic E-state index is 0.0904. The molecule has 162 valence electrons. The van der Waals surface area contributed by atoms with E-state index in [9.17, 15) is 18.4 Å². The molecule has 29 heavy (non-hydrogen) atoms. The van der Waals surface area contributed by atoms with Crippen molar-refractivity contribution in [2.24, 2.45) is 0 Å². The van der Waals surface area contributed by atoms with E-state index in [1.54, 1.807) is 47.6 Å². The Morgan fingerprint density at radius 3 is 2.24 bits per heavy atom. The van der Waals surface area contributed by atoms with E-state index in [-0.39, 0.29) is 18.7 Å². The first kappa shape index (κ1) is 22.9. The number of nitrogens with zero attached hydrogens (tertiary/aromatic N) is 1. The van der Waals surface area contributed by atoms with Crippen molar-refractivity contribution in [3.8, 4) is 0 Å². The van der Waals surface area contributed by atoms with Gasteiger partial charge in [0.05, 0.1) is 6.04 Å². The van der Waals surface area contributed by atoms with Gasteiger partial charge >= 0.3 is 12.2 Å². The van der Waals surface area contributed by atoms with E-state index in [0.717, 1.165) is 5.56 Å². The number of amides is 1. The first-order chi connectivity index (χ1) is 13.2. The maximum atomic E-state index is 13.1. The lowest BCUT2D eigenvalue weighted by Gasteiger charge is -2.37. The molecule has 1 heterocycles. The minimum Gasteiger partial charge on any atom is -0.444 e. The van der Waals surface area contributed by atoms with Crippen LogP contribution in [0.15, 0.2) is 18.2 Å². The second-order valence-electron chi connectivity index (χ2n) is 9.07. The first-order valence-corrected chi connectivity index (χ1v) is 9.50. The van der Waals surface area contributed by atoms with E-state index in [1.807, 2.05) is 0 Å². The summed E-state index contributed by atoms with van der Waals surface area (Å²) in [7, 11) is 0. The molecule has 0 bridgehead atoms. The van der Waals surface area contributed by atoms with Crippen molar-refractivity contribution in [2.75, 3.05) is 6.61 Å². The predicted molar refractivity (Wildman–Crippen MR) is 103 cm³/mol. The van der Waals surface area contributed by atoms with Crippen LogP contribution < -0.4 is 0 Å². The molecule has 6 nitrogen and oxygen atoms in total. The first-order valence-electron chi connectivity index (χ1n) is 9.50. The molecular weight excluding hydrogens is 384 g/mol. The molecule has 0 spiro atoms. The molecule has 0 aromatic heterocycles. The molecule has 1 aromatic rings. The van der Waals surface area contributed by atoms with Crippen molar-refractivity contribution in [3.63, 3.8) is 0 Å². The van der Waals surface area contributed by atoms with E-state index in [0.29, 0.717) is 12.0 Å². The number of carbonyl (C=O) groups excluding carboxylic acids is 2. The molecule has 1 aromatic carbocycles. The topological polar surface area (TPSA) is 65.1 Å². The Labute approximate surface area is 170 Å². The van der Waals surface area contributed by atoms with Gasteiger partial charge in [-0.3, -0.25) is 4.90 Å². The molecule has 0 fully saturated rings. The van der Waals surface area contributed by atoms with Gasteiger partial charge in [-0.25, -0.2) is 18.4 Å². The molecule has 0 N–H and O–H groups in total. The molecule has 8 heteroatoms. The van der Waals surface area contributed by atoms with Gasteiger partial charge in [0.25, 0.3) is 6.43 Å². The van der Waals surface area contributed by atoms with Crippen molar-refractivity contribution >= 4 is 12.2 Å². The number of benzene rings is 1. The average molecular weight is 413 g/mol. The Kier molecular flexibility index (Phi) is 6.75. The Bertz CT molecular complexity index is 752. The molecule has 1 aliphatic heterocycles. The number of carbonyl (C=O) groups is 2. The summed E-state index contributed by atoms with van der Waals surface area (Å²) >= 11 is 0. The van der Waals surface area contributed by atoms with Gasteiger partial charge in [-0.15, -0.1) is 0 Å². The maximum Gasteiger partial charge on any atom is 0.508 e. The van der Waals surface area contributed by atoms with Crippen LogP contribution in [0.1, 0.15) is 64.7 Å². The number of alkyl halides is 2. The standard InChI is InChI=1S/C21H29F2NO5/c1-20(2,3)28-18(25)24-11-15-9-14(17(22)23)8-7-13(15)10-16(24)12-27-19(26)29-21(4,5)6/h7-9,16-17H,10-12H2,1-6H3/t16-/m0/s1. The quantitative estimate of drug-likeness (QED) is 0.634. The number of rotatable bonds is 3. The molecule has 2 rings (SSSR count). The van der Waals surface area contributed by atoms with Crippen LogP contribution >= 0.6 is 0 Å². The molecule has 1 amide bonds. The van der Waals surface area contributed by atoms with Gasteiger partial charge in [-0.2, -0.15) is 0 Å². The summed E-state index contributed by atoms with van der Waals surface area (Å²) in [4.78, 5) is 26.0. The van der Waals surface area contributed by atoms with Gasteiger partial charge in [0.15, 0.2) is 0 Å². The smallest absolute Gasteiger partial charge is 0.444 e. The monoisotopic (exact) mass is 413 g/mol. The molecule has 1 atom stereocenters. The summed E-state index contributed by atoms with van der Waals surface area (Å²) in [6, 6.07) is 3.91. The zero-order valence-corrected chi connectivity index (χ0v) is 17.8. The third-order valence-corrected chi connectivity index (χ3v) is 4.13. The van der Waals surface area contributed by atoms with Crippen LogP contribution in [-0.2, 0) is 27.2 Å². The van der Waals surface area contributed by atoms with Gasteiger partial charge in [0.1, 0.15) is 17.8 Å². The highest BCUT2D eigenvalue weighted by Gasteiger charge is 2.34. The maximum absolute atomic E-state index is 13.1. The van der Waals surface area contributed by atoms with Crippen molar-refractivity contribution in [1.82, 2.24) is 4.90 Å². The largest absolute Gasteiger partial charge is 0.508 e. The number of fused-ring (bicyclic) bond motifs is 1. The number of hydrogen-bond acceptors (Lipinski definition) is 5. The zero-order chi connectivity index (χ0) is 22.0. The van der Waals surface area contributed by atoms with Gasteiger partial charge in [0, 0.05) is 12.1 Å². The normalized spacial score (nSPS) is 17.0. The van der Waals surface area contributed by atoms with Gasteiger partial charge in [0.2, 0.25) is 0 Å². The highest BCUT2D eigenvalue weighted by atomic mass is 19.3. The molecule has 0 saturated heterocycles. The molecule has 0 aliphatic carbocycles. The molecular formula is C21H29F2NO5. The molecule has 0 radical (unpaired) electrons. The Hall–Kier alpha value is -2.38. The average Bonchev–Trinajstić information content (AvgIpc) is 2.55. The summed E-state index contributed by atoms with van der Waals surface area (Å²) in [6.07, 6.45) is -3.67. The van der Waals surface area contributed by atoms with Crippen LogP contribution in [0, 0.1) is 0 Å². The van der Waals surface area contributed by atoms with Crippen LogP contribution in [0.3, 0.4) is 0 Å². The summed E-state index contributed by atoms with van der Waals surface area (Å²) in [6.45, 7) is 10.4. The van der Waals surface area contributed by atoms with Crippen LogP contribution in [0.25, 0.3) is 0 Å². The van der Waals surface area contributed by atoms with E-state index in [4.69, 9.17) is 14.2 Å². The number of hydrogen-bond donors (Lipinski definition) is 0. The highest BCUT2D eigenvalue weighted by molar-refractivity contribution is 5.69. The summed E-state index contributed by atoms with van der Waals surface area (Å²) in [5.74, 6) is 0. The van der Waals surface area contributed by atoms with Crippen LogP contribution in [-0.4, -0.2) is 41.0 Å². The van der Waals surface area contributed by atoms with Crippen LogP contribution in [0.2, 0.25) is 0 Å². The third kappa shape index (κ3) is 6.87. The van der Waals surface area contributed by atoms with E-state index < -0.39 is 35.9 Å². The Balaban J connectivity index is 2.21. The lowest BCUT2D eigenvalue weighted by molar-refractivity contribution is -0.0275. The van der Waals surface area contributed by atoms with Crippen LogP contribution in [0.4, 0.5) is 18.4 Å². The summed E-state index contributed by atoms with van der Waals surface area (Å²) < 4.78 is 41.9. The van der Waals surface area contributed by atoms with Crippen LogP contribution in [0.5, 0.6) is 0 Å². The second-order valence-corrected chi connectivity index (χ2v) is 9.07. The highest BCUT2D eigenvalue weighted by Crippen LogP contribution is 2.29. The number of halogens is 2. The summed E-state index contributed by atoms with van der Waals surface area (Å²) in [5, 5.41) is 0. The fourth-order valence-electron chi connectivity index (χ4n) is 2.93. The summed E-state index contributed by atoms with van der Waals surface area (Å²) in [5.41, 5.74) is -0.0727. The predicted octanol–water partition coefficient (Wildman–Crippen LogP) is 5.24. The zero-order valence-electron chi connectivity index (χ0n) is 17.8.